The van der Waals surface area contributed by atoms with Crippen molar-refractivity contribution in [2.45, 2.75) is 51.1 Å². The zero-order chi connectivity index (χ0) is 12.8. The number of amides is 1. The molecule has 2 N–H and O–H groups in total. The molecule has 1 saturated carbocycles. The van der Waals surface area contributed by atoms with Gasteiger partial charge in [0.2, 0.25) is 5.91 Å². The van der Waals surface area contributed by atoms with Gasteiger partial charge in [-0.1, -0.05) is 19.3 Å². The minimum absolute atomic E-state index is 0.0668. The summed E-state index contributed by atoms with van der Waals surface area (Å²) in [4.78, 5) is 11.8. The van der Waals surface area contributed by atoms with Crippen LogP contribution in [0.4, 0.5) is 0 Å². The van der Waals surface area contributed by atoms with Gasteiger partial charge in [0.05, 0.1) is 18.8 Å². The third kappa shape index (κ3) is 3.88. The third-order valence-electron chi connectivity index (χ3n) is 3.51. The van der Waals surface area contributed by atoms with Gasteiger partial charge in [0.15, 0.2) is 0 Å². The fourth-order valence-corrected chi connectivity index (χ4v) is 2.41. The van der Waals surface area contributed by atoms with Crippen molar-refractivity contribution >= 4 is 5.91 Å². The molecule has 1 unspecified atom stereocenters. The largest absolute Gasteiger partial charge is 0.468 e. The number of furan rings is 1. The molecule has 1 atom stereocenters. The SMILES string of the molecule is CC(NCC(=O)NC1CCCCC1)c1ccco1. The second-order valence-electron chi connectivity index (χ2n) is 5.02. The average Bonchev–Trinajstić information content (AvgIpc) is 2.91. The Bertz CT molecular complexity index is 356. The number of hydrogen-bond acceptors (Lipinski definition) is 3. The number of hydrogen-bond donors (Lipinski definition) is 2. The second-order valence-corrected chi connectivity index (χ2v) is 5.02. The van der Waals surface area contributed by atoms with Gasteiger partial charge < -0.3 is 9.73 Å². The van der Waals surface area contributed by atoms with E-state index in [0.717, 1.165) is 18.6 Å². The molecule has 4 heteroatoms. The zero-order valence-electron chi connectivity index (χ0n) is 10.9. The Morgan fingerprint density at radius 2 is 2.22 bits per heavy atom. The fourth-order valence-electron chi connectivity index (χ4n) is 2.41. The normalized spacial score (nSPS) is 18.5. The molecular weight excluding hydrogens is 228 g/mol. The van der Waals surface area contributed by atoms with E-state index in [1.807, 2.05) is 19.1 Å². The Morgan fingerprint density at radius 1 is 1.44 bits per heavy atom. The summed E-state index contributed by atoms with van der Waals surface area (Å²) in [5.74, 6) is 0.945. The highest BCUT2D eigenvalue weighted by Crippen LogP contribution is 2.17. The maximum Gasteiger partial charge on any atom is 0.234 e. The molecule has 1 aromatic heterocycles. The molecule has 1 heterocycles. The first-order valence-electron chi connectivity index (χ1n) is 6.82. The van der Waals surface area contributed by atoms with Crippen LogP contribution in [0.1, 0.15) is 50.8 Å². The molecule has 100 valence electrons. The van der Waals surface area contributed by atoms with Gasteiger partial charge in [0.25, 0.3) is 0 Å². The van der Waals surface area contributed by atoms with E-state index in [1.54, 1.807) is 6.26 Å². The van der Waals surface area contributed by atoms with Crippen molar-refractivity contribution in [2.75, 3.05) is 6.54 Å². The molecule has 0 saturated heterocycles. The molecule has 1 aliphatic rings. The molecule has 1 aliphatic carbocycles. The van der Waals surface area contributed by atoms with Crippen molar-refractivity contribution in [3.8, 4) is 0 Å². The molecule has 0 bridgehead atoms. The first-order chi connectivity index (χ1) is 8.75. The molecule has 2 rings (SSSR count). The monoisotopic (exact) mass is 250 g/mol. The summed E-state index contributed by atoms with van der Waals surface area (Å²) in [5.41, 5.74) is 0. The average molecular weight is 250 g/mol. The van der Waals surface area contributed by atoms with E-state index in [1.165, 1.54) is 19.3 Å². The summed E-state index contributed by atoms with van der Waals surface area (Å²) in [7, 11) is 0. The van der Waals surface area contributed by atoms with E-state index < -0.39 is 0 Å². The van der Waals surface area contributed by atoms with Crippen LogP contribution in [0.5, 0.6) is 0 Å². The summed E-state index contributed by atoms with van der Waals surface area (Å²) >= 11 is 0. The first-order valence-corrected chi connectivity index (χ1v) is 6.82. The first kappa shape index (κ1) is 13.1. The lowest BCUT2D eigenvalue weighted by Gasteiger charge is -2.23. The van der Waals surface area contributed by atoms with Crippen LogP contribution in [-0.4, -0.2) is 18.5 Å². The highest BCUT2D eigenvalue weighted by molar-refractivity contribution is 5.78. The van der Waals surface area contributed by atoms with Crippen LogP contribution in [0.25, 0.3) is 0 Å². The van der Waals surface area contributed by atoms with Crippen molar-refractivity contribution in [1.82, 2.24) is 10.6 Å². The van der Waals surface area contributed by atoms with Gasteiger partial charge in [-0.3, -0.25) is 10.1 Å². The van der Waals surface area contributed by atoms with Crippen LogP contribution in [0, 0.1) is 0 Å². The van der Waals surface area contributed by atoms with Gasteiger partial charge in [-0.15, -0.1) is 0 Å². The molecule has 1 fully saturated rings. The Labute approximate surface area is 108 Å². The van der Waals surface area contributed by atoms with Crippen molar-refractivity contribution in [2.24, 2.45) is 0 Å². The Hall–Kier alpha value is -1.29. The topological polar surface area (TPSA) is 54.3 Å². The minimum atomic E-state index is 0.0668. The molecule has 4 nitrogen and oxygen atoms in total. The molecule has 1 aromatic rings. The van der Waals surface area contributed by atoms with Crippen LogP contribution in [0.2, 0.25) is 0 Å². The standard InChI is InChI=1S/C14H22N2O2/c1-11(13-8-5-9-18-13)15-10-14(17)16-12-6-3-2-4-7-12/h5,8-9,11-12,15H,2-4,6-7,10H2,1H3,(H,16,17). The minimum Gasteiger partial charge on any atom is -0.468 e. The van der Waals surface area contributed by atoms with Gasteiger partial charge >= 0.3 is 0 Å². The number of nitrogens with one attached hydrogen (secondary N) is 2. The third-order valence-corrected chi connectivity index (χ3v) is 3.51. The lowest BCUT2D eigenvalue weighted by atomic mass is 9.95. The van der Waals surface area contributed by atoms with E-state index >= 15 is 0 Å². The predicted octanol–water partition coefficient (Wildman–Crippen LogP) is 2.38. The quantitative estimate of drug-likeness (QED) is 0.843. The van der Waals surface area contributed by atoms with Gasteiger partial charge in [-0.2, -0.15) is 0 Å². The predicted molar refractivity (Wildman–Crippen MR) is 70.1 cm³/mol. The van der Waals surface area contributed by atoms with Crippen LogP contribution >= 0.6 is 0 Å². The molecule has 0 spiro atoms. The highest BCUT2D eigenvalue weighted by atomic mass is 16.3. The fraction of sp³-hybridized carbons (Fsp3) is 0.643. The lowest BCUT2D eigenvalue weighted by Crippen LogP contribution is -2.41. The maximum atomic E-state index is 11.8. The summed E-state index contributed by atoms with van der Waals surface area (Å²) < 4.78 is 5.28. The summed E-state index contributed by atoms with van der Waals surface area (Å²) in [6.45, 7) is 2.34. The van der Waals surface area contributed by atoms with Crippen molar-refractivity contribution in [1.29, 1.82) is 0 Å². The molecule has 0 aromatic carbocycles. The second kappa shape index (κ2) is 6.59. The van der Waals surface area contributed by atoms with Gasteiger partial charge in [0, 0.05) is 6.04 Å². The van der Waals surface area contributed by atoms with Crippen LogP contribution < -0.4 is 10.6 Å². The maximum absolute atomic E-state index is 11.8. The van der Waals surface area contributed by atoms with Crippen molar-refractivity contribution < 1.29 is 9.21 Å². The zero-order valence-corrected chi connectivity index (χ0v) is 10.9. The van der Waals surface area contributed by atoms with E-state index in [2.05, 4.69) is 10.6 Å². The molecule has 1 amide bonds. The summed E-state index contributed by atoms with van der Waals surface area (Å²) in [6.07, 6.45) is 7.68. The molecule has 0 aliphatic heterocycles. The Morgan fingerprint density at radius 3 is 2.89 bits per heavy atom. The highest BCUT2D eigenvalue weighted by Gasteiger charge is 2.16. The summed E-state index contributed by atoms with van der Waals surface area (Å²) in [6, 6.07) is 4.22. The molecular formula is C14H22N2O2. The lowest BCUT2D eigenvalue weighted by molar-refractivity contribution is -0.121. The van der Waals surface area contributed by atoms with Gasteiger partial charge in [0.1, 0.15) is 5.76 Å². The van der Waals surface area contributed by atoms with Gasteiger partial charge in [-0.05, 0) is 31.9 Å². The smallest absolute Gasteiger partial charge is 0.234 e. The Kier molecular flexibility index (Phi) is 4.81. The van der Waals surface area contributed by atoms with Gasteiger partial charge in [-0.25, -0.2) is 0 Å². The van der Waals surface area contributed by atoms with Crippen LogP contribution in [0.3, 0.4) is 0 Å². The van der Waals surface area contributed by atoms with E-state index in [-0.39, 0.29) is 11.9 Å². The van der Waals surface area contributed by atoms with Crippen LogP contribution in [0.15, 0.2) is 22.8 Å². The van der Waals surface area contributed by atoms with Crippen molar-refractivity contribution in [3.05, 3.63) is 24.2 Å². The molecule has 0 radical (unpaired) electrons. The van der Waals surface area contributed by atoms with Crippen LogP contribution in [-0.2, 0) is 4.79 Å². The number of rotatable bonds is 5. The van der Waals surface area contributed by atoms with E-state index in [0.29, 0.717) is 12.6 Å². The Balaban J connectivity index is 1.68. The number of carbonyl (C=O) groups is 1. The number of carbonyl (C=O) groups excluding carboxylic acids is 1. The van der Waals surface area contributed by atoms with E-state index in [9.17, 15) is 4.79 Å². The molecule has 18 heavy (non-hydrogen) atoms. The summed E-state index contributed by atoms with van der Waals surface area (Å²) in [5, 5.41) is 6.26. The van der Waals surface area contributed by atoms with Crippen molar-refractivity contribution in [3.63, 3.8) is 0 Å². The van der Waals surface area contributed by atoms with E-state index in [4.69, 9.17) is 4.42 Å².